The van der Waals surface area contributed by atoms with Gasteiger partial charge in [0.1, 0.15) is 0 Å². The summed E-state index contributed by atoms with van der Waals surface area (Å²) in [5.41, 5.74) is 0. The zero-order valence-electron chi connectivity index (χ0n) is 17.0. The van der Waals surface area contributed by atoms with Crippen molar-refractivity contribution < 1.29 is 41.7 Å². The fraction of sp³-hybridized carbons (Fsp3) is 1.00. The van der Waals surface area contributed by atoms with Gasteiger partial charge in [-0.2, -0.15) is 0 Å². The Balaban J connectivity index is 0. The molecule has 0 N–H and O–H groups in total. The van der Waals surface area contributed by atoms with Gasteiger partial charge in [-0.25, -0.2) is 0 Å². The van der Waals surface area contributed by atoms with Crippen molar-refractivity contribution in [3.05, 3.63) is 0 Å². The van der Waals surface area contributed by atoms with Crippen molar-refractivity contribution in [1.29, 1.82) is 0 Å². The van der Waals surface area contributed by atoms with Gasteiger partial charge in [0.15, 0.2) is 0 Å². The third-order valence-corrected chi connectivity index (χ3v) is 7.63. The first-order valence-corrected chi connectivity index (χ1v) is 11.4. The molecule has 0 spiro atoms. The van der Waals surface area contributed by atoms with Gasteiger partial charge < -0.3 is 41.7 Å². The van der Waals surface area contributed by atoms with E-state index < -0.39 is 8.80 Å². The SMILES string of the molecule is CCCCCCCCCC[N+](C)(C)CCC[Si](OC)(OC)OC.[I-]. The molecule has 0 amide bonds. The molecule has 0 aromatic rings. The van der Waals surface area contributed by atoms with E-state index in [1.165, 1.54) is 57.9 Å². The van der Waals surface area contributed by atoms with Gasteiger partial charge in [0.25, 0.3) is 0 Å². The second-order valence-electron chi connectivity index (χ2n) is 7.26. The summed E-state index contributed by atoms with van der Waals surface area (Å²) in [6, 6.07) is 0.898. The lowest BCUT2D eigenvalue weighted by Gasteiger charge is -2.31. The van der Waals surface area contributed by atoms with E-state index in [-0.39, 0.29) is 24.0 Å². The summed E-state index contributed by atoms with van der Waals surface area (Å²) < 4.78 is 17.6. The molecule has 0 aliphatic carbocycles. The van der Waals surface area contributed by atoms with Crippen LogP contribution in [0.3, 0.4) is 0 Å². The zero-order valence-corrected chi connectivity index (χ0v) is 20.2. The van der Waals surface area contributed by atoms with Crippen molar-refractivity contribution in [2.24, 2.45) is 0 Å². The van der Waals surface area contributed by atoms with Crippen molar-refractivity contribution in [2.75, 3.05) is 48.5 Å². The predicted molar refractivity (Wildman–Crippen MR) is 101 cm³/mol. The van der Waals surface area contributed by atoms with E-state index in [0.717, 1.165) is 23.5 Å². The smallest absolute Gasteiger partial charge is 0.500 e. The molecule has 0 aliphatic heterocycles. The highest BCUT2D eigenvalue weighted by Gasteiger charge is 2.37. The van der Waals surface area contributed by atoms with E-state index in [2.05, 4.69) is 21.0 Å². The average Bonchev–Trinajstić information content (AvgIpc) is 2.54. The van der Waals surface area contributed by atoms with Crippen LogP contribution >= 0.6 is 0 Å². The Morgan fingerprint density at radius 2 is 1.08 bits per heavy atom. The van der Waals surface area contributed by atoms with Crippen molar-refractivity contribution in [2.45, 2.75) is 70.8 Å². The van der Waals surface area contributed by atoms with Crippen LogP contribution in [-0.2, 0) is 13.3 Å². The molecule has 0 heterocycles. The van der Waals surface area contributed by atoms with Crippen LogP contribution in [-0.4, -0.2) is 61.8 Å². The fourth-order valence-electron chi connectivity index (χ4n) is 3.07. The molecule has 0 atom stereocenters. The van der Waals surface area contributed by atoms with E-state index in [9.17, 15) is 0 Å². The maximum Gasteiger partial charge on any atom is 0.500 e. The molecule has 0 saturated heterocycles. The van der Waals surface area contributed by atoms with Crippen LogP contribution in [0.2, 0.25) is 6.04 Å². The summed E-state index contributed by atoms with van der Waals surface area (Å²) in [4.78, 5) is 0. The molecular formula is C18H42INO3Si. The van der Waals surface area contributed by atoms with Gasteiger partial charge in [-0.3, -0.25) is 0 Å². The van der Waals surface area contributed by atoms with Gasteiger partial charge in [-0.05, 0) is 12.8 Å². The molecule has 4 nitrogen and oxygen atoms in total. The van der Waals surface area contributed by atoms with Crippen molar-refractivity contribution >= 4 is 8.80 Å². The number of hydrogen-bond donors (Lipinski definition) is 0. The van der Waals surface area contributed by atoms with Crippen molar-refractivity contribution in [3.8, 4) is 0 Å². The fourth-order valence-corrected chi connectivity index (χ4v) is 4.77. The molecule has 6 heteroatoms. The zero-order chi connectivity index (χ0) is 17.6. The van der Waals surface area contributed by atoms with Gasteiger partial charge in [-0.15, -0.1) is 0 Å². The largest absolute Gasteiger partial charge is 1.00 e. The van der Waals surface area contributed by atoms with E-state index in [1.54, 1.807) is 21.3 Å². The van der Waals surface area contributed by atoms with E-state index in [4.69, 9.17) is 13.3 Å². The Bertz CT molecular complexity index is 269. The first-order valence-electron chi connectivity index (χ1n) is 9.42. The normalized spacial score (nSPS) is 12.2. The Kier molecular flexibility index (Phi) is 18.0. The van der Waals surface area contributed by atoms with Crippen LogP contribution in [0.15, 0.2) is 0 Å². The van der Waals surface area contributed by atoms with Gasteiger partial charge in [0.05, 0.1) is 27.2 Å². The van der Waals surface area contributed by atoms with E-state index in [1.807, 2.05) is 0 Å². The standard InChI is InChI=1S/C18H42NO3Si.HI/c1-7-8-9-10-11-12-13-14-16-19(2,3)17-15-18-23(20-4,21-5)22-6;/h7-18H2,1-6H3;1H/q+1;/p-1. The van der Waals surface area contributed by atoms with Crippen LogP contribution in [0.5, 0.6) is 0 Å². The second-order valence-corrected chi connectivity index (χ2v) is 10.3. The lowest BCUT2D eigenvalue weighted by atomic mass is 10.1. The van der Waals surface area contributed by atoms with Crippen LogP contribution < -0.4 is 24.0 Å². The second kappa shape index (κ2) is 16.0. The Labute approximate surface area is 169 Å². The monoisotopic (exact) mass is 475 g/mol. The van der Waals surface area contributed by atoms with Crippen LogP contribution in [0.1, 0.15) is 64.7 Å². The van der Waals surface area contributed by atoms with E-state index in [0.29, 0.717) is 0 Å². The van der Waals surface area contributed by atoms with Crippen molar-refractivity contribution in [1.82, 2.24) is 0 Å². The maximum absolute atomic E-state index is 5.49. The molecule has 0 unspecified atom stereocenters. The quantitative estimate of drug-likeness (QED) is 0.147. The number of nitrogens with zero attached hydrogens (tertiary/aromatic N) is 1. The summed E-state index contributed by atoms with van der Waals surface area (Å²) in [6.07, 6.45) is 12.2. The highest BCUT2D eigenvalue weighted by atomic mass is 127. The molecule has 148 valence electrons. The van der Waals surface area contributed by atoms with Gasteiger partial charge in [-0.1, -0.05) is 45.4 Å². The average molecular weight is 476 g/mol. The Morgan fingerprint density at radius 3 is 1.54 bits per heavy atom. The number of halogens is 1. The molecular weight excluding hydrogens is 433 g/mol. The third kappa shape index (κ3) is 13.1. The van der Waals surface area contributed by atoms with Crippen molar-refractivity contribution in [3.63, 3.8) is 0 Å². The molecule has 0 bridgehead atoms. The molecule has 0 aromatic heterocycles. The molecule has 24 heavy (non-hydrogen) atoms. The topological polar surface area (TPSA) is 27.7 Å². The summed E-state index contributed by atoms with van der Waals surface area (Å²) in [7, 11) is 7.36. The van der Waals surface area contributed by atoms with Crippen LogP contribution in [0, 0.1) is 0 Å². The molecule has 0 fully saturated rings. The molecule has 0 radical (unpaired) electrons. The molecule has 0 aromatic carbocycles. The lowest BCUT2D eigenvalue weighted by Crippen LogP contribution is -3.00. The predicted octanol–water partition coefficient (Wildman–Crippen LogP) is 1.48. The molecule has 0 rings (SSSR count). The number of quaternary nitrogens is 1. The first kappa shape index (κ1) is 27.0. The van der Waals surface area contributed by atoms with Crippen LogP contribution in [0.25, 0.3) is 0 Å². The summed E-state index contributed by atoms with van der Waals surface area (Å²) in [6.45, 7) is 4.69. The lowest BCUT2D eigenvalue weighted by molar-refractivity contribution is -0.890. The Hall–Kier alpha value is 0.787. The minimum atomic E-state index is -2.39. The van der Waals surface area contributed by atoms with Gasteiger partial charge >= 0.3 is 8.80 Å². The number of unbranched alkanes of at least 4 members (excludes halogenated alkanes) is 7. The van der Waals surface area contributed by atoms with Gasteiger partial charge in [0, 0.05) is 33.8 Å². The minimum absolute atomic E-state index is 0. The maximum atomic E-state index is 5.49. The third-order valence-electron chi connectivity index (χ3n) is 4.80. The van der Waals surface area contributed by atoms with Gasteiger partial charge in [0.2, 0.25) is 0 Å². The van der Waals surface area contributed by atoms with E-state index >= 15 is 0 Å². The van der Waals surface area contributed by atoms with Crippen LogP contribution in [0.4, 0.5) is 0 Å². The molecule has 0 aliphatic rings. The highest BCUT2D eigenvalue weighted by Crippen LogP contribution is 2.17. The first-order chi connectivity index (χ1) is 10.9. The molecule has 0 saturated carbocycles. The number of rotatable bonds is 16. The summed E-state index contributed by atoms with van der Waals surface area (Å²) in [5.74, 6) is 0. The Morgan fingerprint density at radius 1 is 0.667 bits per heavy atom. The highest BCUT2D eigenvalue weighted by molar-refractivity contribution is 6.60. The number of hydrogen-bond acceptors (Lipinski definition) is 3. The summed E-state index contributed by atoms with van der Waals surface area (Å²) in [5, 5.41) is 0. The summed E-state index contributed by atoms with van der Waals surface area (Å²) >= 11 is 0. The minimum Gasteiger partial charge on any atom is -1.00 e.